The van der Waals surface area contributed by atoms with E-state index in [1.54, 1.807) is 12.1 Å². The second kappa shape index (κ2) is 6.74. The second-order valence-corrected chi connectivity index (χ2v) is 3.04. The van der Waals surface area contributed by atoms with Gasteiger partial charge in [-0.05, 0) is 12.1 Å². The standard InChI is InChI=1S/C10H12F2N2O3/c1-7(15)14-9-3-2-8(6-13-9)16-4-5-17-10(11)12/h2-3,6,10H,4-5H2,1H3,(H,13,14,15). The number of carbonyl (C=O) groups excluding carboxylic acids is 1. The minimum Gasteiger partial charge on any atom is -0.490 e. The summed E-state index contributed by atoms with van der Waals surface area (Å²) >= 11 is 0. The Morgan fingerprint density at radius 2 is 2.24 bits per heavy atom. The van der Waals surface area contributed by atoms with Crippen LogP contribution in [0.4, 0.5) is 14.6 Å². The SMILES string of the molecule is CC(=O)Nc1ccc(OCCOC(F)F)cn1. The molecule has 0 aromatic carbocycles. The van der Waals surface area contributed by atoms with E-state index in [0.717, 1.165) is 0 Å². The van der Waals surface area contributed by atoms with Crippen LogP contribution in [-0.4, -0.2) is 30.7 Å². The molecule has 0 saturated carbocycles. The van der Waals surface area contributed by atoms with Gasteiger partial charge in [-0.25, -0.2) is 4.98 Å². The van der Waals surface area contributed by atoms with Gasteiger partial charge < -0.3 is 14.8 Å². The molecular weight excluding hydrogens is 234 g/mol. The average Bonchev–Trinajstić information content (AvgIpc) is 2.25. The Morgan fingerprint density at radius 3 is 2.76 bits per heavy atom. The monoisotopic (exact) mass is 246 g/mol. The third kappa shape index (κ3) is 5.76. The van der Waals surface area contributed by atoms with Crippen molar-refractivity contribution in [2.24, 2.45) is 0 Å². The van der Waals surface area contributed by atoms with Crippen molar-refractivity contribution in [2.45, 2.75) is 13.5 Å². The lowest BCUT2D eigenvalue weighted by Gasteiger charge is -2.07. The number of hydrogen-bond acceptors (Lipinski definition) is 4. The minimum atomic E-state index is -2.79. The highest BCUT2D eigenvalue weighted by Gasteiger charge is 2.02. The van der Waals surface area contributed by atoms with Crippen LogP contribution in [0.25, 0.3) is 0 Å². The third-order valence-corrected chi connectivity index (χ3v) is 1.64. The topological polar surface area (TPSA) is 60.5 Å². The number of amides is 1. The predicted octanol–water partition coefficient (Wildman–Crippen LogP) is 1.66. The van der Waals surface area contributed by atoms with Crippen molar-refractivity contribution < 1.29 is 23.0 Å². The summed E-state index contributed by atoms with van der Waals surface area (Å²) in [5, 5.41) is 2.48. The summed E-state index contributed by atoms with van der Waals surface area (Å²) in [5.41, 5.74) is 0. The fraction of sp³-hybridized carbons (Fsp3) is 0.400. The molecule has 1 aromatic rings. The van der Waals surface area contributed by atoms with Gasteiger partial charge in [0.25, 0.3) is 0 Å². The van der Waals surface area contributed by atoms with Gasteiger partial charge >= 0.3 is 6.61 Å². The van der Waals surface area contributed by atoms with Gasteiger partial charge in [0.1, 0.15) is 18.2 Å². The van der Waals surface area contributed by atoms with Crippen molar-refractivity contribution in [3.05, 3.63) is 18.3 Å². The Bertz CT molecular complexity index is 357. The molecular formula is C10H12F2N2O3. The number of alkyl halides is 2. The number of aromatic nitrogens is 1. The molecule has 0 aliphatic heterocycles. The fourth-order valence-electron chi connectivity index (χ4n) is 1.02. The average molecular weight is 246 g/mol. The Balaban J connectivity index is 2.32. The molecule has 0 saturated heterocycles. The van der Waals surface area contributed by atoms with Crippen molar-refractivity contribution in [1.82, 2.24) is 4.98 Å². The van der Waals surface area contributed by atoms with E-state index < -0.39 is 6.61 Å². The molecule has 0 bridgehead atoms. The van der Waals surface area contributed by atoms with Gasteiger partial charge in [0.2, 0.25) is 5.91 Å². The van der Waals surface area contributed by atoms with Gasteiger partial charge in [-0.15, -0.1) is 0 Å². The van der Waals surface area contributed by atoms with Crippen LogP contribution < -0.4 is 10.1 Å². The first kappa shape index (κ1) is 13.3. The number of pyridine rings is 1. The molecule has 0 aliphatic carbocycles. The summed E-state index contributed by atoms with van der Waals surface area (Å²) in [6.45, 7) is -1.62. The van der Waals surface area contributed by atoms with Crippen LogP contribution in [0.5, 0.6) is 5.75 Å². The lowest BCUT2D eigenvalue weighted by Crippen LogP contribution is -2.10. The predicted molar refractivity (Wildman–Crippen MR) is 56.0 cm³/mol. The van der Waals surface area contributed by atoms with Gasteiger partial charge in [-0.2, -0.15) is 8.78 Å². The molecule has 0 spiro atoms. The molecule has 0 unspecified atom stereocenters. The number of nitrogens with zero attached hydrogens (tertiary/aromatic N) is 1. The first-order valence-electron chi connectivity index (χ1n) is 4.84. The highest BCUT2D eigenvalue weighted by molar-refractivity contribution is 5.87. The van der Waals surface area contributed by atoms with E-state index in [0.29, 0.717) is 11.6 Å². The van der Waals surface area contributed by atoms with Gasteiger partial charge in [0.15, 0.2) is 0 Å². The molecule has 0 atom stereocenters. The van der Waals surface area contributed by atoms with Gasteiger partial charge in [-0.1, -0.05) is 0 Å². The lowest BCUT2D eigenvalue weighted by molar-refractivity contribution is -0.133. The Hall–Kier alpha value is -1.76. The largest absolute Gasteiger partial charge is 0.490 e. The molecule has 1 rings (SSSR count). The zero-order valence-electron chi connectivity index (χ0n) is 9.15. The number of ether oxygens (including phenoxy) is 2. The molecule has 0 radical (unpaired) electrons. The number of rotatable bonds is 6. The molecule has 94 valence electrons. The van der Waals surface area contributed by atoms with E-state index in [1.807, 2.05) is 0 Å². The molecule has 17 heavy (non-hydrogen) atoms. The highest BCUT2D eigenvalue weighted by atomic mass is 19.3. The molecule has 7 heteroatoms. The maximum absolute atomic E-state index is 11.6. The normalized spacial score (nSPS) is 10.4. The number of nitrogens with one attached hydrogen (secondary N) is 1. The third-order valence-electron chi connectivity index (χ3n) is 1.64. The van der Waals surface area contributed by atoms with Crippen molar-refractivity contribution in [2.75, 3.05) is 18.5 Å². The van der Waals surface area contributed by atoms with E-state index in [2.05, 4.69) is 15.0 Å². The highest BCUT2D eigenvalue weighted by Crippen LogP contribution is 2.11. The minimum absolute atomic E-state index is 0.00546. The van der Waals surface area contributed by atoms with Crippen LogP contribution >= 0.6 is 0 Å². The number of halogens is 2. The fourth-order valence-corrected chi connectivity index (χ4v) is 1.02. The molecule has 1 heterocycles. The van der Waals surface area contributed by atoms with Crippen LogP contribution in [0.15, 0.2) is 18.3 Å². The quantitative estimate of drug-likeness (QED) is 0.775. The van der Waals surface area contributed by atoms with E-state index in [9.17, 15) is 13.6 Å². The Morgan fingerprint density at radius 1 is 1.47 bits per heavy atom. The summed E-state index contributed by atoms with van der Waals surface area (Å²) in [5.74, 6) is 0.585. The Kier molecular flexibility index (Phi) is 5.28. The first-order valence-corrected chi connectivity index (χ1v) is 4.84. The van der Waals surface area contributed by atoms with Crippen LogP contribution in [-0.2, 0) is 9.53 Å². The summed E-state index contributed by atoms with van der Waals surface area (Å²) in [6.07, 6.45) is 1.38. The van der Waals surface area contributed by atoms with E-state index in [-0.39, 0.29) is 19.1 Å². The van der Waals surface area contributed by atoms with Crippen LogP contribution in [0.1, 0.15) is 6.92 Å². The molecule has 0 aliphatic rings. The lowest BCUT2D eigenvalue weighted by atomic mass is 10.4. The van der Waals surface area contributed by atoms with Gasteiger partial charge in [-0.3, -0.25) is 4.79 Å². The molecule has 5 nitrogen and oxygen atoms in total. The molecule has 1 amide bonds. The smallest absolute Gasteiger partial charge is 0.345 e. The van der Waals surface area contributed by atoms with Gasteiger partial charge in [0, 0.05) is 6.92 Å². The van der Waals surface area contributed by atoms with E-state index in [4.69, 9.17) is 4.74 Å². The maximum atomic E-state index is 11.6. The summed E-state index contributed by atoms with van der Waals surface area (Å²) in [6, 6.07) is 3.12. The van der Waals surface area contributed by atoms with E-state index >= 15 is 0 Å². The van der Waals surface area contributed by atoms with Gasteiger partial charge in [0.05, 0.1) is 12.8 Å². The Labute approximate surface area is 96.7 Å². The maximum Gasteiger partial charge on any atom is 0.345 e. The first-order chi connectivity index (χ1) is 8.08. The zero-order chi connectivity index (χ0) is 12.7. The summed E-state index contributed by atoms with van der Waals surface area (Å²) in [4.78, 5) is 14.6. The second-order valence-electron chi connectivity index (χ2n) is 3.04. The summed E-state index contributed by atoms with van der Waals surface area (Å²) in [7, 11) is 0. The number of hydrogen-bond donors (Lipinski definition) is 1. The van der Waals surface area contributed by atoms with Crippen LogP contribution in [0.2, 0.25) is 0 Å². The van der Waals surface area contributed by atoms with Crippen molar-refractivity contribution in [3.8, 4) is 5.75 Å². The number of anilines is 1. The number of carbonyl (C=O) groups is 1. The van der Waals surface area contributed by atoms with E-state index in [1.165, 1.54) is 13.1 Å². The van der Waals surface area contributed by atoms with Crippen molar-refractivity contribution in [3.63, 3.8) is 0 Å². The zero-order valence-corrected chi connectivity index (χ0v) is 9.15. The summed E-state index contributed by atoms with van der Waals surface area (Å²) < 4.78 is 32.3. The van der Waals surface area contributed by atoms with Crippen molar-refractivity contribution in [1.29, 1.82) is 0 Å². The molecule has 0 fully saturated rings. The molecule has 1 N–H and O–H groups in total. The van der Waals surface area contributed by atoms with Crippen molar-refractivity contribution >= 4 is 11.7 Å². The van der Waals surface area contributed by atoms with Crippen LogP contribution in [0, 0.1) is 0 Å². The molecule has 1 aromatic heterocycles. The van der Waals surface area contributed by atoms with Crippen LogP contribution in [0.3, 0.4) is 0 Å².